The van der Waals surface area contributed by atoms with Gasteiger partial charge in [-0.25, -0.2) is 0 Å². The van der Waals surface area contributed by atoms with E-state index in [4.69, 9.17) is 5.11 Å². The lowest BCUT2D eigenvalue weighted by molar-refractivity contribution is -0.132. The van der Waals surface area contributed by atoms with Crippen LogP contribution in [0.1, 0.15) is 33.1 Å². The van der Waals surface area contributed by atoms with Crippen LogP contribution in [0, 0.1) is 5.41 Å². The highest BCUT2D eigenvalue weighted by molar-refractivity contribution is 5.83. The molecule has 1 aliphatic rings. The lowest BCUT2D eigenvalue weighted by Gasteiger charge is -2.35. The third-order valence-electron chi connectivity index (χ3n) is 3.19. The summed E-state index contributed by atoms with van der Waals surface area (Å²) in [6.45, 7) is 5.84. The number of aliphatic hydroxyl groups is 1. The van der Waals surface area contributed by atoms with Crippen molar-refractivity contribution in [3.05, 3.63) is 0 Å². The normalized spacial score (nSPS) is 28.5. The predicted molar refractivity (Wildman–Crippen MR) is 59.5 cm³/mol. The molecule has 2 unspecified atom stereocenters. The molecule has 0 aromatic carbocycles. The van der Waals surface area contributed by atoms with Crippen LogP contribution in [0.2, 0.25) is 0 Å². The Labute approximate surface area is 91.4 Å². The van der Waals surface area contributed by atoms with E-state index in [1.807, 2.05) is 0 Å². The van der Waals surface area contributed by atoms with E-state index in [1.165, 1.54) is 0 Å². The van der Waals surface area contributed by atoms with Crippen LogP contribution in [0.4, 0.5) is 0 Å². The summed E-state index contributed by atoms with van der Waals surface area (Å²) in [5.74, 6) is 0.0816. The smallest absolute Gasteiger partial charge is 0.227 e. The van der Waals surface area contributed by atoms with E-state index in [9.17, 15) is 4.79 Å². The van der Waals surface area contributed by atoms with E-state index in [1.54, 1.807) is 6.92 Å². The van der Waals surface area contributed by atoms with Gasteiger partial charge in [0.25, 0.3) is 0 Å². The first kappa shape index (κ1) is 12.5. The largest absolute Gasteiger partial charge is 0.392 e. The van der Waals surface area contributed by atoms with Gasteiger partial charge >= 0.3 is 0 Å². The first-order valence-electron chi connectivity index (χ1n) is 5.78. The molecule has 0 spiro atoms. The number of nitrogens with one attached hydrogen (secondary N) is 2. The quantitative estimate of drug-likeness (QED) is 0.629. The van der Waals surface area contributed by atoms with Crippen molar-refractivity contribution in [3.63, 3.8) is 0 Å². The summed E-state index contributed by atoms with van der Waals surface area (Å²) < 4.78 is 0. The van der Waals surface area contributed by atoms with Crippen LogP contribution in [0.3, 0.4) is 0 Å². The Kier molecular flexibility index (Phi) is 4.54. The summed E-state index contributed by atoms with van der Waals surface area (Å²) in [4.78, 5) is 12.0. The highest BCUT2D eigenvalue weighted by Gasteiger charge is 2.37. The number of hydrogen-bond donors (Lipinski definition) is 3. The van der Waals surface area contributed by atoms with Gasteiger partial charge in [0.1, 0.15) is 0 Å². The summed E-state index contributed by atoms with van der Waals surface area (Å²) in [6.07, 6.45) is 2.38. The molecule has 1 amide bonds. The number of rotatable bonds is 4. The molecule has 88 valence electrons. The lowest BCUT2D eigenvalue weighted by atomic mass is 9.77. The lowest BCUT2D eigenvalue weighted by Crippen LogP contribution is -2.51. The van der Waals surface area contributed by atoms with Gasteiger partial charge in [-0.05, 0) is 32.7 Å². The minimum absolute atomic E-state index is 0.0816. The molecule has 0 aromatic rings. The molecule has 0 aromatic heterocycles. The van der Waals surface area contributed by atoms with Gasteiger partial charge in [-0.3, -0.25) is 4.79 Å². The van der Waals surface area contributed by atoms with Crippen LogP contribution >= 0.6 is 0 Å². The molecular weight excluding hydrogens is 192 g/mol. The van der Waals surface area contributed by atoms with E-state index in [0.29, 0.717) is 6.54 Å². The molecule has 0 radical (unpaired) electrons. The molecule has 15 heavy (non-hydrogen) atoms. The molecule has 1 aliphatic heterocycles. The first-order valence-corrected chi connectivity index (χ1v) is 5.78. The van der Waals surface area contributed by atoms with Gasteiger partial charge in [0, 0.05) is 13.1 Å². The molecule has 1 heterocycles. The molecule has 1 fully saturated rings. The van der Waals surface area contributed by atoms with Crippen molar-refractivity contribution >= 4 is 5.91 Å². The van der Waals surface area contributed by atoms with Crippen molar-refractivity contribution in [1.82, 2.24) is 10.6 Å². The summed E-state index contributed by atoms with van der Waals surface area (Å²) in [7, 11) is 0. The number of carbonyl (C=O) groups excluding carboxylic acids is 1. The zero-order valence-electron chi connectivity index (χ0n) is 9.68. The molecule has 1 saturated heterocycles. The van der Waals surface area contributed by atoms with Crippen LogP contribution < -0.4 is 10.6 Å². The number of hydrogen-bond acceptors (Lipinski definition) is 3. The van der Waals surface area contributed by atoms with Crippen molar-refractivity contribution in [2.75, 3.05) is 19.6 Å². The highest BCUT2D eigenvalue weighted by Crippen LogP contribution is 2.30. The maximum absolute atomic E-state index is 12.0. The van der Waals surface area contributed by atoms with E-state index in [-0.39, 0.29) is 11.3 Å². The maximum atomic E-state index is 12.0. The fraction of sp³-hybridized carbons (Fsp3) is 0.909. The second-order valence-electron chi connectivity index (χ2n) is 4.47. The number of piperidine rings is 1. The third-order valence-corrected chi connectivity index (χ3v) is 3.19. The predicted octanol–water partition coefficient (Wildman–Crippen LogP) is 0.263. The summed E-state index contributed by atoms with van der Waals surface area (Å²) in [5.41, 5.74) is -0.257. The van der Waals surface area contributed by atoms with Crippen LogP contribution in [0.15, 0.2) is 0 Å². The Hall–Kier alpha value is -0.610. The van der Waals surface area contributed by atoms with Gasteiger partial charge in [0.15, 0.2) is 0 Å². The minimum atomic E-state index is -0.473. The molecule has 0 aliphatic carbocycles. The van der Waals surface area contributed by atoms with Crippen LogP contribution in [0.5, 0.6) is 0 Å². The molecule has 2 atom stereocenters. The summed E-state index contributed by atoms with van der Waals surface area (Å²) in [5, 5.41) is 15.2. The average molecular weight is 214 g/mol. The van der Waals surface area contributed by atoms with Gasteiger partial charge in [-0.15, -0.1) is 0 Å². The van der Waals surface area contributed by atoms with Crippen molar-refractivity contribution in [3.8, 4) is 0 Å². The zero-order chi connectivity index (χ0) is 11.3. The molecule has 1 rings (SSSR count). The molecule has 4 heteroatoms. The second kappa shape index (κ2) is 5.47. The summed E-state index contributed by atoms with van der Waals surface area (Å²) >= 11 is 0. The SMILES string of the molecule is CCC1(C(=O)NCC(C)O)CCCNC1. The van der Waals surface area contributed by atoms with Crippen molar-refractivity contribution in [2.24, 2.45) is 5.41 Å². The third kappa shape index (κ3) is 3.18. The second-order valence-corrected chi connectivity index (χ2v) is 4.47. The highest BCUT2D eigenvalue weighted by atomic mass is 16.3. The van der Waals surface area contributed by atoms with E-state index in [2.05, 4.69) is 17.6 Å². The topological polar surface area (TPSA) is 61.4 Å². The number of aliphatic hydroxyl groups excluding tert-OH is 1. The van der Waals surface area contributed by atoms with Gasteiger partial charge < -0.3 is 15.7 Å². The van der Waals surface area contributed by atoms with Gasteiger partial charge in [0.2, 0.25) is 5.91 Å². The Bertz CT molecular complexity index is 211. The summed E-state index contributed by atoms with van der Waals surface area (Å²) in [6, 6.07) is 0. The van der Waals surface area contributed by atoms with E-state index >= 15 is 0 Å². The molecular formula is C11H22N2O2. The standard InChI is InChI=1S/C11H22N2O2/c1-3-11(5-4-6-12-8-11)10(15)13-7-9(2)14/h9,12,14H,3-8H2,1-2H3,(H,13,15). The number of carbonyl (C=O) groups is 1. The average Bonchev–Trinajstić information content (AvgIpc) is 2.26. The van der Waals surface area contributed by atoms with Gasteiger partial charge in [-0.2, -0.15) is 0 Å². The molecule has 4 nitrogen and oxygen atoms in total. The molecule has 0 bridgehead atoms. The van der Waals surface area contributed by atoms with Crippen LogP contribution in [-0.4, -0.2) is 36.8 Å². The van der Waals surface area contributed by atoms with E-state index in [0.717, 1.165) is 32.4 Å². The van der Waals surface area contributed by atoms with Crippen LogP contribution in [-0.2, 0) is 4.79 Å². The van der Waals surface area contributed by atoms with Crippen molar-refractivity contribution in [2.45, 2.75) is 39.2 Å². The monoisotopic (exact) mass is 214 g/mol. The fourth-order valence-electron chi connectivity index (χ4n) is 2.05. The minimum Gasteiger partial charge on any atom is -0.392 e. The Morgan fingerprint density at radius 1 is 1.67 bits per heavy atom. The fourth-order valence-corrected chi connectivity index (χ4v) is 2.05. The Balaban J connectivity index is 2.52. The molecule has 3 N–H and O–H groups in total. The number of amides is 1. The Morgan fingerprint density at radius 2 is 2.40 bits per heavy atom. The van der Waals surface area contributed by atoms with Crippen molar-refractivity contribution < 1.29 is 9.90 Å². The van der Waals surface area contributed by atoms with Crippen LogP contribution in [0.25, 0.3) is 0 Å². The first-order chi connectivity index (χ1) is 7.10. The van der Waals surface area contributed by atoms with Gasteiger partial charge in [-0.1, -0.05) is 6.92 Å². The molecule has 0 saturated carbocycles. The van der Waals surface area contributed by atoms with Gasteiger partial charge in [0.05, 0.1) is 11.5 Å². The zero-order valence-corrected chi connectivity index (χ0v) is 9.68. The maximum Gasteiger partial charge on any atom is 0.227 e. The van der Waals surface area contributed by atoms with E-state index < -0.39 is 6.10 Å². The Morgan fingerprint density at radius 3 is 2.87 bits per heavy atom. The van der Waals surface area contributed by atoms with Crippen molar-refractivity contribution in [1.29, 1.82) is 0 Å².